The first kappa shape index (κ1) is 13.6. The normalized spacial score (nSPS) is 16.1. The van der Waals surface area contributed by atoms with Gasteiger partial charge in [0.1, 0.15) is 0 Å². The largest absolute Gasteiger partial charge is 0.481 e. The van der Waals surface area contributed by atoms with Crippen molar-refractivity contribution in [2.24, 2.45) is 0 Å². The Balaban J connectivity index is 2.14. The summed E-state index contributed by atoms with van der Waals surface area (Å²) in [4.78, 5) is 24.6. The first-order valence-corrected chi connectivity index (χ1v) is 6.84. The van der Waals surface area contributed by atoms with Crippen molar-refractivity contribution in [3.05, 3.63) is 28.7 Å². The van der Waals surface area contributed by atoms with Crippen LogP contribution in [-0.2, 0) is 11.3 Å². The van der Waals surface area contributed by atoms with Crippen molar-refractivity contribution in [3.8, 4) is 0 Å². The monoisotopic (exact) mass is 264 g/mol. The molecule has 0 unspecified atom stereocenters. The quantitative estimate of drug-likeness (QED) is 0.899. The summed E-state index contributed by atoms with van der Waals surface area (Å²) < 4.78 is 1.49. The van der Waals surface area contributed by atoms with Gasteiger partial charge in [-0.3, -0.25) is 9.59 Å². The van der Waals surface area contributed by atoms with Crippen LogP contribution in [-0.4, -0.2) is 28.7 Å². The van der Waals surface area contributed by atoms with Crippen LogP contribution in [0.15, 0.2) is 23.1 Å². The van der Waals surface area contributed by atoms with Gasteiger partial charge in [-0.05, 0) is 18.9 Å². The van der Waals surface area contributed by atoms with Gasteiger partial charge in [-0.2, -0.15) is 0 Å². The number of aromatic nitrogens is 1. The molecular formula is C14H20N2O3. The Kier molecular flexibility index (Phi) is 4.60. The van der Waals surface area contributed by atoms with Crippen LogP contribution in [0.2, 0.25) is 0 Å². The molecular weight excluding hydrogens is 244 g/mol. The van der Waals surface area contributed by atoms with Gasteiger partial charge in [0.05, 0.1) is 12.1 Å². The number of hydrogen-bond acceptors (Lipinski definition) is 3. The van der Waals surface area contributed by atoms with E-state index in [1.165, 1.54) is 36.3 Å². The number of hydrogen-bond donors (Lipinski definition) is 1. The van der Waals surface area contributed by atoms with Gasteiger partial charge in [0.25, 0.3) is 5.56 Å². The van der Waals surface area contributed by atoms with Gasteiger partial charge in [0.15, 0.2) is 0 Å². The van der Waals surface area contributed by atoms with Crippen molar-refractivity contribution in [3.63, 3.8) is 0 Å². The number of rotatable bonds is 4. The standard InChI is InChI=1S/C14H20N2O3/c17-13-6-5-12(11-16(13)10-7-14(18)19)15-8-3-1-2-4-9-15/h5-6,11H,1-4,7-10H2,(H,18,19). The molecule has 0 amide bonds. The number of anilines is 1. The molecule has 1 aromatic rings. The number of nitrogens with zero attached hydrogens (tertiary/aromatic N) is 2. The summed E-state index contributed by atoms with van der Waals surface area (Å²) in [5.41, 5.74) is 0.881. The van der Waals surface area contributed by atoms with Crippen LogP contribution in [0.4, 0.5) is 5.69 Å². The van der Waals surface area contributed by atoms with Crippen molar-refractivity contribution in [1.82, 2.24) is 4.57 Å². The maximum absolute atomic E-state index is 11.7. The van der Waals surface area contributed by atoms with Crippen molar-refractivity contribution < 1.29 is 9.90 Å². The van der Waals surface area contributed by atoms with Crippen LogP contribution in [0.3, 0.4) is 0 Å². The summed E-state index contributed by atoms with van der Waals surface area (Å²) >= 11 is 0. The van der Waals surface area contributed by atoms with E-state index in [1.807, 2.05) is 6.07 Å². The van der Waals surface area contributed by atoms with Crippen molar-refractivity contribution in [2.75, 3.05) is 18.0 Å². The molecule has 104 valence electrons. The van der Waals surface area contributed by atoms with E-state index >= 15 is 0 Å². The minimum atomic E-state index is -0.882. The summed E-state index contributed by atoms with van der Waals surface area (Å²) in [5.74, 6) is -0.882. The average molecular weight is 264 g/mol. The number of aryl methyl sites for hydroxylation is 1. The van der Waals surface area contributed by atoms with Crippen LogP contribution < -0.4 is 10.5 Å². The number of carboxylic acid groups (broad SMARTS) is 1. The van der Waals surface area contributed by atoms with E-state index in [0.717, 1.165) is 18.8 Å². The van der Waals surface area contributed by atoms with Crippen molar-refractivity contribution >= 4 is 11.7 Å². The first-order chi connectivity index (χ1) is 9.16. The molecule has 5 nitrogen and oxygen atoms in total. The lowest BCUT2D eigenvalue weighted by Crippen LogP contribution is -2.27. The van der Waals surface area contributed by atoms with E-state index in [2.05, 4.69) is 4.90 Å². The zero-order chi connectivity index (χ0) is 13.7. The highest BCUT2D eigenvalue weighted by atomic mass is 16.4. The highest BCUT2D eigenvalue weighted by Crippen LogP contribution is 2.18. The average Bonchev–Trinajstić information content (AvgIpc) is 2.66. The Morgan fingerprint density at radius 2 is 1.84 bits per heavy atom. The maximum Gasteiger partial charge on any atom is 0.305 e. The van der Waals surface area contributed by atoms with Crippen molar-refractivity contribution in [2.45, 2.75) is 38.6 Å². The van der Waals surface area contributed by atoms with E-state index in [-0.39, 0.29) is 18.5 Å². The molecule has 1 aromatic heterocycles. The third kappa shape index (κ3) is 3.84. The highest BCUT2D eigenvalue weighted by Gasteiger charge is 2.11. The second kappa shape index (κ2) is 6.41. The summed E-state index contributed by atoms with van der Waals surface area (Å²) in [5, 5.41) is 8.70. The third-order valence-electron chi connectivity index (χ3n) is 3.51. The van der Waals surface area contributed by atoms with E-state index in [1.54, 1.807) is 6.20 Å². The minimum absolute atomic E-state index is 0.0244. The summed E-state index contributed by atoms with van der Waals surface area (Å²) in [6.45, 7) is 2.25. The van der Waals surface area contributed by atoms with E-state index in [4.69, 9.17) is 5.11 Å². The topological polar surface area (TPSA) is 62.5 Å². The van der Waals surface area contributed by atoms with Gasteiger partial charge in [-0.25, -0.2) is 0 Å². The van der Waals surface area contributed by atoms with Gasteiger partial charge in [-0.15, -0.1) is 0 Å². The molecule has 0 atom stereocenters. The molecule has 1 saturated heterocycles. The zero-order valence-electron chi connectivity index (χ0n) is 11.0. The molecule has 0 bridgehead atoms. The number of pyridine rings is 1. The predicted molar refractivity (Wildman–Crippen MR) is 73.6 cm³/mol. The van der Waals surface area contributed by atoms with Crippen LogP contribution >= 0.6 is 0 Å². The fourth-order valence-corrected chi connectivity index (χ4v) is 2.43. The first-order valence-electron chi connectivity index (χ1n) is 6.84. The number of carbonyl (C=O) groups is 1. The Hall–Kier alpha value is -1.78. The van der Waals surface area contributed by atoms with E-state index < -0.39 is 5.97 Å². The van der Waals surface area contributed by atoms with Crippen LogP contribution in [0.1, 0.15) is 32.1 Å². The molecule has 0 saturated carbocycles. The van der Waals surface area contributed by atoms with Crippen molar-refractivity contribution in [1.29, 1.82) is 0 Å². The van der Waals surface area contributed by atoms with Gasteiger partial charge in [0, 0.05) is 31.9 Å². The number of carboxylic acids is 1. The van der Waals surface area contributed by atoms with E-state index in [0.29, 0.717) is 0 Å². The SMILES string of the molecule is O=C(O)CCn1cc(N2CCCCCC2)ccc1=O. The van der Waals surface area contributed by atoms with Crippen LogP contribution in [0.5, 0.6) is 0 Å². The zero-order valence-corrected chi connectivity index (χ0v) is 11.0. The van der Waals surface area contributed by atoms with Gasteiger partial charge in [-0.1, -0.05) is 12.8 Å². The Labute approximate surface area is 112 Å². The molecule has 0 spiro atoms. The molecule has 0 aromatic carbocycles. The molecule has 0 aliphatic carbocycles. The summed E-state index contributed by atoms with van der Waals surface area (Å²) in [6.07, 6.45) is 6.63. The second-order valence-corrected chi connectivity index (χ2v) is 4.96. The molecule has 1 N–H and O–H groups in total. The lowest BCUT2D eigenvalue weighted by Gasteiger charge is -2.23. The Morgan fingerprint density at radius 3 is 2.47 bits per heavy atom. The van der Waals surface area contributed by atoms with E-state index in [9.17, 15) is 9.59 Å². The van der Waals surface area contributed by atoms with Crippen LogP contribution in [0.25, 0.3) is 0 Å². The van der Waals surface area contributed by atoms with Gasteiger partial charge < -0.3 is 14.6 Å². The fourth-order valence-electron chi connectivity index (χ4n) is 2.43. The smallest absolute Gasteiger partial charge is 0.305 e. The second-order valence-electron chi connectivity index (χ2n) is 4.96. The molecule has 1 fully saturated rings. The summed E-state index contributed by atoms with van der Waals surface area (Å²) in [6, 6.07) is 3.37. The highest BCUT2D eigenvalue weighted by molar-refractivity contribution is 5.66. The molecule has 0 radical (unpaired) electrons. The Morgan fingerprint density at radius 1 is 1.16 bits per heavy atom. The molecule has 19 heavy (non-hydrogen) atoms. The lowest BCUT2D eigenvalue weighted by molar-refractivity contribution is -0.137. The molecule has 5 heteroatoms. The molecule has 2 heterocycles. The minimum Gasteiger partial charge on any atom is -0.481 e. The predicted octanol–water partition coefficient (Wildman–Crippen LogP) is 1.70. The molecule has 2 rings (SSSR count). The molecule has 1 aliphatic rings. The number of aliphatic carboxylic acids is 1. The maximum atomic E-state index is 11.7. The van der Waals surface area contributed by atoms with Crippen LogP contribution in [0, 0.1) is 0 Å². The summed E-state index contributed by atoms with van der Waals surface area (Å²) in [7, 11) is 0. The molecule has 1 aliphatic heterocycles. The Bertz CT molecular complexity index is 488. The van der Waals surface area contributed by atoms with Gasteiger partial charge >= 0.3 is 5.97 Å². The lowest BCUT2D eigenvalue weighted by atomic mass is 10.2. The van der Waals surface area contributed by atoms with Gasteiger partial charge in [0.2, 0.25) is 0 Å². The fraction of sp³-hybridized carbons (Fsp3) is 0.571. The third-order valence-corrected chi connectivity index (χ3v) is 3.51.